The molecule has 0 amide bonds. The first-order valence-corrected chi connectivity index (χ1v) is 6.49. The molecule has 2 aliphatic rings. The van der Waals surface area contributed by atoms with Gasteiger partial charge in [-0.1, -0.05) is 12.1 Å². The highest BCUT2D eigenvalue weighted by molar-refractivity contribution is 6.01. The van der Waals surface area contributed by atoms with Crippen LogP contribution in [-0.2, 0) is 49.9 Å². The van der Waals surface area contributed by atoms with Gasteiger partial charge in [-0.25, -0.2) is 0 Å². The molecule has 1 heterocycles. The van der Waals surface area contributed by atoms with E-state index in [0.29, 0.717) is 26.1 Å². The average molecular weight is 276 g/mol. The molecule has 1 aliphatic carbocycles. The topological polar surface area (TPSA) is 61.8 Å². The molecule has 0 spiro atoms. The van der Waals surface area contributed by atoms with Crippen molar-refractivity contribution < 1.29 is 23.8 Å². The van der Waals surface area contributed by atoms with Gasteiger partial charge in [0.15, 0.2) is 5.41 Å². The minimum absolute atomic E-state index is 0.328. The van der Waals surface area contributed by atoms with Gasteiger partial charge < -0.3 is 14.2 Å². The van der Waals surface area contributed by atoms with Crippen LogP contribution in [0.5, 0.6) is 0 Å². The van der Waals surface area contributed by atoms with E-state index in [2.05, 4.69) is 0 Å². The van der Waals surface area contributed by atoms with E-state index in [0.717, 1.165) is 22.3 Å². The number of carbonyl (C=O) groups is 2. The van der Waals surface area contributed by atoms with Gasteiger partial charge in [-0.2, -0.15) is 0 Å². The van der Waals surface area contributed by atoms with E-state index < -0.39 is 17.4 Å². The first-order valence-electron chi connectivity index (χ1n) is 6.49. The molecule has 1 aliphatic heterocycles. The van der Waals surface area contributed by atoms with Crippen molar-refractivity contribution in [2.24, 2.45) is 5.41 Å². The molecule has 0 N–H and O–H groups in total. The molecular weight excluding hydrogens is 260 g/mol. The zero-order valence-electron chi connectivity index (χ0n) is 11.5. The molecule has 0 aromatic heterocycles. The van der Waals surface area contributed by atoms with Gasteiger partial charge in [0.2, 0.25) is 0 Å². The van der Waals surface area contributed by atoms with Gasteiger partial charge in [0.1, 0.15) is 0 Å². The number of methoxy groups -OCH3 is 2. The van der Waals surface area contributed by atoms with Crippen LogP contribution in [0.2, 0.25) is 0 Å². The molecule has 0 saturated heterocycles. The second-order valence-corrected chi connectivity index (χ2v) is 5.25. The van der Waals surface area contributed by atoms with Gasteiger partial charge in [0.05, 0.1) is 27.4 Å². The van der Waals surface area contributed by atoms with Crippen molar-refractivity contribution in [1.29, 1.82) is 0 Å². The maximum atomic E-state index is 12.2. The van der Waals surface area contributed by atoms with Crippen LogP contribution in [-0.4, -0.2) is 26.2 Å². The SMILES string of the molecule is COC(=O)C1(C(=O)OC)Cc2ccc3c(c2C1)COC3. The van der Waals surface area contributed by atoms with Crippen molar-refractivity contribution in [3.05, 3.63) is 34.4 Å². The highest BCUT2D eigenvalue weighted by Crippen LogP contribution is 2.42. The number of carbonyl (C=O) groups excluding carboxylic acids is 2. The maximum absolute atomic E-state index is 12.2. The molecule has 0 atom stereocenters. The summed E-state index contributed by atoms with van der Waals surface area (Å²) in [6.07, 6.45) is 0.656. The van der Waals surface area contributed by atoms with Crippen LogP contribution in [0.15, 0.2) is 12.1 Å². The lowest BCUT2D eigenvalue weighted by atomic mass is 9.84. The van der Waals surface area contributed by atoms with E-state index in [1.54, 1.807) is 0 Å². The van der Waals surface area contributed by atoms with Crippen LogP contribution < -0.4 is 0 Å². The Morgan fingerprint density at radius 3 is 2.30 bits per heavy atom. The minimum atomic E-state index is -1.25. The first kappa shape index (κ1) is 13.1. The standard InChI is InChI=1S/C15H16O5/c1-18-13(16)15(14(17)19-2)5-9-3-4-10-7-20-8-12(10)11(9)6-15/h3-4H,5-8H2,1-2H3. The van der Waals surface area contributed by atoms with Gasteiger partial charge >= 0.3 is 11.9 Å². The summed E-state index contributed by atoms with van der Waals surface area (Å²) in [4.78, 5) is 24.3. The van der Waals surface area contributed by atoms with E-state index in [9.17, 15) is 9.59 Å². The third kappa shape index (κ3) is 1.66. The lowest BCUT2D eigenvalue weighted by molar-refractivity contribution is -0.168. The second kappa shape index (κ2) is 4.59. The van der Waals surface area contributed by atoms with Crippen molar-refractivity contribution in [2.45, 2.75) is 26.1 Å². The van der Waals surface area contributed by atoms with Crippen molar-refractivity contribution >= 4 is 11.9 Å². The van der Waals surface area contributed by atoms with E-state index in [1.165, 1.54) is 14.2 Å². The predicted octanol–water partition coefficient (Wildman–Crippen LogP) is 1.15. The summed E-state index contributed by atoms with van der Waals surface area (Å²) in [5, 5.41) is 0. The molecular formula is C15H16O5. The highest BCUT2D eigenvalue weighted by Gasteiger charge is 2.53. The zero-order chi connectivity index (χ0) is 14.3. The maximum Gasteiger partial charge on any atom is 0.323 e. The summed E-state index contributed by atoms with van der Waals surface area (Å²) >= 11 is 0. The smallest absolute Gasteiger partial charge is 0.323 e. The van der Waals surface area contributed by atoms with Crippen LogP contribution in [0.1, 0.15) is 22.3 Å². The summed E-state index contributed by atoms with van der Waals surface area (Å²) in [6, 6.07) is 3.97. The van der Waals surface area contributed by atoms with Gasteiger partial charge in [0.25, 0.3) is 0 Å². The predicted molar refractivity (Wildman–Crippen MR) is 68.8 cm³/mol. The Hall–Kier alpha value is -1.88. The number of ether oxygens (including phenoxy) is 3. The molecule has 106 valence electrons. The molecule has 5 nitrogen and oxygen atoms in total. The number of hydrogen-bond donors (Lipinski definition) is 0. The monoisotopic (exact) mass is 276 g/mol. The quantitative estimate of drug-likeness (QED) is 0.599. The zero-order valence-corrected chi connectivity index (χ0v) is 11.5. The molecule has 0 saturated carbocycles. The summed E-state index contributed by atoms with van der Waals surface area (Å²) in [7, 11) is 2.59. The molecule has 0 unspecified atom stereocenters. The van der Waals surface area contributed by atoms with E-state index >= 15 is 0 Å². The van der Waals surface area contributed by atoms with Crippen LogP contribution >= 0.6 is 0 Å². The van der Waals surface area contributed by atoms with Crippen molar-refractivity contribution in [1.82, 2.24) is 0 Å². The van der Waals surface area contributed by atoms with E-state index in [-0.39, 0.29) is 0 Å². The number of fused-ring (bicyclic) bond motifs is 3. The molecule has 3 rings (SSSR count). The summed E-state index contributed by atoms with van der Waals surface area (Å²) < 4.78 is 15.1. The summed E-state index contributed by atoms with van der Waals surface area (Å²) in [5.41, 5.74) is 3.04. The summed E-state index contributed by atoms with van der Waals surface area (Å²) in [5.74, 6) is -1.07. The molecule has 0 fully saturated rings. The van der Waals surface area contributed by atoms with Gasteiger partial charge in [-0.3, -0.25) is 9.59 Å². The molecule has 0 bridgehead atoms. The number of hydrogen-bond acceptors (Lipinski definition) is 5. The van der Waals surface area contributed by atoms with Crippen molar-refractivity contribution in [2.75, 3.05) is 14.2 Å². The largest absolute Gasteiger partial charge is 0.468 e. The van der Waals surface area contributed by atoms with E-state index in [4.69, 9.17) is 14.2 Å². The fraction of sp³-hybridized carbons (Fsp3) is 0.467. The van der Waals surface area contributed by atoms with E-state index in [1.807, 2.05) is 12.1 Å². The first-order chi connectivity index (χ1) is 9.62. The van der Waals surface area contributed by atoms with Crippen LogP contribution in [0.25, 0.3) is 0 Å². The normalized spacial score (nSPS) is 18.3. The van der Waals surface area contributed by atoms with Gasteiger partial charge in [-0.05, 0) is 28.7 Å². The lowest BCUT2D eigenvalue weighted by Crippen LogP contribution is -2.42. The fourth-order valence-corrected chi connectivity index (χ4v) is 3.21. The highest BCUT2D eigenvalue weighted by atomic mass is 16.5. The fourth-order valence-electron chi connectivity index (χ4n) is 3.21. The third-order valence-corrected chi connectivity index (χ3v) is 4.25. The second-order valence-electron chi connectivity index (χ2n) is 5.25. The third-order valence-electron chi connectivity index (χ3n) is 4.25. The average Bonchev–Trinajstić information content (AvgIpc) is 3.08. The lowest BCUT2D eigenvalue weighted by Gasteiger charge is -2.22. The van der Waals surface area contributed by atoms with Crippen LogP contribution in [0, 0.1) is 5.41 Å². The van der Waals surface area contributed by atoms with Crippen molar-refractivity contribution in [3.63, 3.8) is 0 Å². The summed E-state index contributed by atoms with van der Waals surface area (Å²) in [6.45, 7) is 1.13. The Morgan fingerprint density at radius 2 is 1.65 bits per heavy atom. The van der Waals surface area contributed by atoms with Gasteiger partial charge in [0, 0.05) is 6.42 Å². The number of rotatable bonds is 2. The molecule has 20 heavy (non-hydrogen) atoms. The van der Waals surface area contributed by atoms with Gasteiger partial charge in [-0.15, -0.1) is 0 Å². The van der Waals surface area contributed by atoms with Crippen LogP contribution in [0.4, 0.5) is 0 Å². The van der Waals surface area contributed by atoms with Crippen LogP contribution in [0.3, 0.4) is 0 Å². The molecule has 1 aromatic carbocycles. The Bertz CT molecular complexity index is 574. The van der Waals surface area contributed by atoms with Crippen molar-refractivity contribution in [3.8, 4) is 0 Å². The number of esters is 2. The minimum Gasteiger partial charge on any atom is -0.468 e. The Morgan fingerprint density at radius 1 is 1.00 bits per heavy atom. The molecule has 5 heteroatoms. The Labute approximate surface area is 116 Å². The molecule has 1 aromatic rings. The number of benzene rings is 1. The molecule has 0 radical (unpaired) electrons. The Balaban J connectivity index is 2.06. The Kier molecular flexibility index (Phi) is 3.01.